The topological polar surface area (TPSA) is 0 Å². The van der Waals surface area contributed by atoms with E-state index in [2.05, 4.69) is 66.7 Å². The minimum Gasteiger partial charge on any atom is -0.102 e. The lowest BCUT2D eigenvalue weighted by atomic mass is 28.9. The van der Waals surface area contributed by atoms with Gasteiger partial charge in [-0.2, -0.15) is 0 Å². The van der Waals surface area contributed by atoms with Gasteiger partial charge in [0.1, 0.15) is 0 Å². The zero-order chi connectivity index (χ0) is 8.31. The van der Waals surface area contributed by atoms with Gasteiger partial charge in [-0.15, -0.1) is 44.6 Å². The summed E-state index contributed by atoms with van der Waals surface area (Å²) in [5.41, 5.74) is 0. The van der Waals surface area contributed by atoms with E-state index in [-0.39, 0.29) is 25.9 Å². The van der Waals surface area contributed by atoms with Crippen LogP contribution in [-0.4, -0.2) is 0 Å². The van der Waals surface area contributed by atoms with Gasteiger partial charge < -0.3 is 0 Å². The zero-order valence-corrected chi connectivity index (χ0v) is 16.6. The third kappa shape index (κ3) is 6.15. The van der Waals surface area contributed by atoms with E-state index in [4.69, 9.17) is 0 Å². The first-order valence-electron chi connectivity index (χ1n) is 2.06. The predicted octanol–water partition coefficient (Wildman–Crippen LogP) is 5.96. The highest BCUT2D eigenvalue weighted by molar-refractivity contribution is 14.2. The van der Waals surface area contributed by atoms with Gasteiger partial charge >= 0.3 is 0 Å². The molecule has 0 fully saturated rings. The molecule has 0 rings (SSSR count). The first-order valence-corrected chi connectivity index (χ1v) is 20.4. The summed E-state index contributed by atoms with van der Waals surface area (Å²) in [6.45, 7) is 0.493. The highest BCUT2D eigenvalue weighted by Gasteiger charge is 2.20. The van der Waals surface area contributed by atoms with E-state index < -0.39 is 0 Å². The molecule has 0 heterocycles. The van der Waals surface area contributed by atoms with Gasteiger partial charge in [-0.25, -0.2) is 0 Å². The fourth-order valence-corrected chi connectivity index (χ4v) is 58.1. The van der Waals surface area contributed by atoms with Crippen LogP contribution in [0.1, 0.15) is 0 Å². The van der Waals surface area contributed by atoms with Crippen LogP contribution in [0.3, 0.4) is 0 Å². The summed E-state index contributed by atoms with van der Waals surface area (Å²) < 4.78 is 0. The van der Waals surface area contributed by atoms with Gasteiger partial charge in [-0.3, -0.25) is 0 Å². The first-order chi connectivity index (χ1) is 4.46. The Kier molecular flexibility index (Phi) is 11.4. The van der Waals surface area contributed by atoms with E-state index in [1.807, 2.05) is 0 Å². The van der Waals surface area contributed by atoms with Crippen molar-refractivity contribution in [3.63, 3.8) is 0 Å². The van der Waals surface area contributed by atoms with Crippen LogP contribution in [0.15, 0.2) is 0 Å². The van der Waals surface area contributed by atoms with Crippen molar-refractivity contribution in [2.24, 2.45) is 0 Å². The molecule has 0 radical (unpaired) electrons. The van der Waals surface area contributed by atoms with Crippen molar-refractivity contribution in [1.29, 1.82) is 0 Å². The Labute approximate surface area is 91.8 Å². The van der Waals surface area contributed by atoms with Crippen molar-refractivity contribution in [1.82, 2.24) is 0 Å². The molecule has 0 saturated carbocycles. The van der Waals surface area contributed by atoms with Crippen LogP contribution in [-0.2, 0) is 0 Å². The molecule has 0 nitrogen and oxygen atoms in total. The minimum atomic E-state index is 0.138. The summed E-state index contributed by atoms with van der Waals surface area (Å²) in [6, 6.07) is 0. The molecule has 0 amide bonds. The van der Waals surface area contributed by atoms with E-state index >= 15 is 0 Å². The highest BCUT2D eigenvalue weighted by atomic mass is 127. The molecule has 0 aliphatic heterocycles. The van der Waals surface area contributed by atoms with Crippen LogP contribution >= 0.6 is 92.6 Å². The van der Waals surface area contributed by atoms with Crippen LogP contribution in [0, 0.1) is 0 Å². The zero-order valence-electron chi connectivity index (χ0n) is 5.05. The number of halogens is 1. The van der Waals surface area contributed by atoms with E-state index in [1.54, 1.807) is 0 Å². The van der Waals surface area contributed by atoms with Crippen molar-refractivity contribution in [2.45, 2.75) is 0 Å². The maximum absolute atomic E-state index is 3.02. The standard InChI is InChI=1S/H10IP9/c1-7(8(2)3)10(6)9(4)5/h2-6H2. The Balaban J connectivity index is 3.81. The molecule has 0 N–H and O–H groups in total. The monoisotopic (exact) mass is 416 g/mol. The Morgan fingerprint density at radius 2 is 1.20 bits per heavy atom. The molecule has 7 atom stereocenters. The molecule has 0 aromatic carbocycles. The lowest BCUT2D eigenvalue weighted by molar-refractivity contribution is 4.78. The van der Waals surface area contributed by atoms with Crippen molar-refractivity contribution in [2.75, 3.05) is 0 Å². The van der Waals surface area contributed by atoms with Crippen molar-refractivity contribution >= 4 is 92.6 Å². The van der Waals surface area contributed by atoms with Crippen LogP contribution in [0.5, 0.6) is 0 Å². The Morgan fingerprint density at radius 3 is 1.30 bits per heavy atom. The van der Waals surface area contributed by atoms with E-state index in [0.717, 1.165) is 0 Å². The average Bonchev–Trinajstić information content (AvgIpc) is 1.84. The average molecular weight is 416 g/mol. The minimum absolute atomic E-state index is 0.138. The summed E-state index contributed by atoms with van der Waals surface area (Å²) >= 11 is 2.62. The van der Waals surface area contributed by atoms with Crippen LogP contribution < -0.4 is 0 Å². The first kappa shape index (κ1) is 14.6. The van der Waals surface area contributed by atoms with Gasteiger partial charge in [0.25, 0.3) is 0 Å². The molecule has 0 bridgehead atoms. The molecule has 10 heteroatoms. The van der Waals surface area contributed by atoms with Crippen LogP contribution in [0.4, 0.5) is 0 Å². The van der Waals surface area contributed by atoms with E-state index in [0.29, 0.717) is 0 Å². The molecular weight excluding hydrogens is 406 g/mol. The molecule has 0 aromatic rings. The number of rotatable bonds is 3. The Morgan fingerprint density at radius 1 is 0.800 bits per heavy atom. The molecule has 7 unspecified atom stereocenters. The second kappa shape index (κ2) is 7.84. The van der Waals surface area contributed by atoms with Gasteiger partial charge in [0, 0.05) is 4.94 Å². The molecular formula is H10IP9. The molecule has 10 heavy (non-hydrogen) atoms. The Bertz CT molecular complexity index is 74.7. The predicted molar refractivity (Wildman–Crippen MR) is 90.2 cm³/mol. The van der Waals surface area contributed by atoms with E-state index in [1.165, 1.54) is 0 Å². The molecule has 0 aromatic heterocycles. The maximum atomic E-state index is 3.02. The van der Waals surface area contributed by atoms with Crippen molar-refractivity contribution in [3.05, 3.63) is 0 Å². The number of hydrogen-bond donors (Lipinski definition) is 0. The highest BCUT2D eigenvalue weighted by Crippen LogP contribution is 3.08. The van der Waals surface area contributed by atoms with Crippen LogP contribution in [0.2, 0.25) is 0 Å². The maximum Gasteiger partial charge on any atom is 0.0257 e. The lowest BCUT2D eigenvalue weighted by Gasteiger charge is -2.24. The second-order valence-corrected chi connectivity index (χ2v) is 40.7. The van der Waals surface area contributed by atoms with E-state index in [9.17, 15) is 0 Å². The third-order valence-electron chi connectivity index (χ3n) is 0.596. The van der Waals surface area contributed by atoms with Gasteiger partial charge in [0.2, 0.25) is 0 Å². The molecule has 0 spiro atoms. The summed E-state index contributed by atoms with van der Waals surface area (Å²) in [7, 11) is 14.7. The quantitative estimate of drug-likeness (QED) is 0.394. The Hall–Kier alpha value is 4.60. The fourth-order valence-electron chi connectivity index (χ4n) is 0.191. The number of hydrogen-bond acceptors (Lipinski definition) is 0. The van der Waals surface area contributed by atoms with Crippen molar-refractivity contribution < 1.29 is 0 Å². The van der Waals surface area contributed by atoms with Gasteiger partial charge in [-0.1, -0.05) is 0 Å². The van der Waals surface area contributed by atoms with Crippen LogP contribution in [0.25, 0.3) is 0 Å². The lowest BCUT2D eigenvalue weighted by Crippen LogP contribution is -1.35. The van der Waals surface area contributed by atoms with Crippen molar-refractivity contribution in [3.8, 4) is 0 Å². The van der Waals surface area contributed by atoms with Gasteiger partial charge in [0.05, 0.1) is 0 Å². The normalized spacial score (nSPS) is 18.0. The van der Waals surface area contributed by atoms with Gasteiger partial charge in [-0.05, 0) is 43.0 Å². The second-order valence-electron chi connectivity index (χ2n) is 1.32. The third-order valence-corrected chi connectivity index (χ3v) is 64.8. The molecule has 0 aliphatic carbocycles. The summed E-state index contributed by atoms with van der Waals surface area (Å²) in [5, 5.41) is 0. The summed E-state index contributed by atoms with van der Waals surface area (Å²) in [4.78, 5) is 0.235. The molecule has 0 saturated heterocycles. The summed E-state index contributed by atoms with van der Waals surface area (Å²) in [6.07, 6.45) is 0. The fraction of sp³-hybridized carbons (Fsp3) is 0. The summed E-state index contributed by atoms with van der Waals surface area (Å²) in [5.74, 6) is 0. The van der Waals surface area contributed by atoms with Gasteiger partial charge in [0.15, 0.2) is 0 Å². The SMILES string of the molecule is PP(P)P(P)P(I)P(P)P. The molecule has 0 aliphatic rings. The smallest absolute Gasteiger partial charge is 0.0257 e. The molecule has 62 valence electrons. The largest absolute Gasteiger partial charge is 0.102 e.